The van der Waals surface area contributed by atoms with Gasteiger partial charge in [0, 0.05) is 0 Å². The van der Waals surface area contributed by atoms with Crippen LogP contribution in [0.15, 0.2) is 18.2 Å². The number of hydrogen-bond acceptors (Lipinski definition) is 2. The van der Waals surface area contributed by atoms with Crippen LogP contribution in [0, 0.1) is 5.82 Å². The molecule has 0 spiro atoms. The van der Waals surface area contributed by atoms with Gasteiger partial charge in [0.2, 0.25) is 0 Å². The zero-order valence-corrected chi connectivity index (χ0v) is 8.42. The van der Waals surface area contributed by atoms with Crippen molar-refractivity contribution < 1.29 is 22.7 Å². The first kappa shape index (κ1) is 12.9. The Balaban J connectivity index is 3.18. The van der Waals surface area contributed by atoms with Crippen LogP contribution in [0.1, 0.15) is 24.1 Å². The maximum atomic E-state index is 12.9. The van der Waals surface area contributed by atoms with Gasteiger partial charge in [0.25, 0.3) is 0 Å². The van der Waals surface area contributed by atoms with Gasteiger partial charge in [-0.3, -0.25) is 0 Å². The standard InChI is InChI=1S/C10H11F4NO/c1-5(16)9(15)6-2-7(10(12,13)14)4-8(11)3-6/h2-5,9,16H,15H2,1H3/t5-,9+/m0/s1. The first-order chi connectivity index (χ1) is 7.21. The molecule has 0 heterocycles. The van der Waals surface area contributed by atoms with E-state index in [9.17, 15) is 17.6 Å². The van der Waals surface area contributed by atoms with Crippen LogP contribution in [0.3, 0.4) is 0 Å². The highest BCUT2D eigenvalue weighted by Gasteiger charge is 2.32. The molecule has 0 aromatic heterocycles. The fourth-order valence-electron chi connectivity index (χ4n) is 1.25. The summed E-state index contributed by atoms with van der Waals surface area (Å²) in [5.74, 6) is -1.03. The van der Waals surface area contributed by atoms with Gasteiger partial charge in [-0.15, -0.1) is 0 Å². The minimum absolute atomic E-state index is 0.0812. The van der Waals surface area contributed by atoms with Gasteiger partial charge in [-0.05, 0) is 30.7 Å². The molecule has 0 aliphatic rings. The van der Waals surface area contributed by atoms with Gasteiger partial charge >= 0.3 is 6.18 Å². The lowest BCUT2D eigenvalue weighted by Crippen LogP contribution is -2.24. The summed E-state index contributed by atoms with van der Waals surface area (Å²) in [4.78, 5) is 0. The van der Waals surface area contributed by atoms with E-state index in [0.29, 0.717) is 6.07 Å². The summed E-state index contributed by atoms with van der Waals surface area (Å²) in [6.45, 7) is 1.32. The molecule has 2 atom stereocenters. The van der Waals surface area contributed by atoms with E-state index in [2.05, 4.69) is 0 Å². The zero-order chi connectivity index (χ0) is 12.5. The van der Waals surface area contributed by atoms with Crippen molar-refractivity contribution in [1.82, 2.24) is 0 Å². The summed E-state index contributed by atoms with van der Waals surface area (Å²) < 4.78 is 50.0. The topological polar surface area (TPSA) is 46.2 Å². The van der Waals surface area contributed by atoms with Crippen LogP contribution in [-0.4, -0.2) is 11.2 Å². The molecule has 0 unspecified atom stereocenters. The van der Waals surface area contributed by atoms with Crippen molar-refractivity contribution in [2.24, 2.45) is 5.73 Å². The normalized spacial score (nSPS) is 15.9. The minimum atomic E-state index is -4.63. The molecule has 0 saturated heterocycles. The molecule has 0 radical (unpaired) electrons. The minimum Gasteiger partial charge on any atom is -0.391 e. The van der Waals surface area contributed by atoms with Crippen LogP contribution >= 0.6 is 0 Å². The molecule has 1 rings (SSSR count). The van der Waals surface area contributed by atoms with E-state index in [-0.39, 0.29) is 5.56 Å². The van der Waals surface area contributed by atoms with E-state index in [0.717, 1.165) is 12.1 Å². The second-order valence-corrected chi connectivity index (χ2v) is 3.54. The number of benzene rings is 1. The van der Waals surface area contributed by atoms with Gasteiger partial charge in [0.05, 0.1) is 17.7 Å². The molecule has 0 fully saturated rings. The quantitative estimate of drug-likeness (QED) is 0.775. The number of alkyl halides is 3. The molecule has 1 aromatic rings. The Morgan fingerprint density at radius 2 is 1.81 bits per heavy atom. The second-order valence-electron chi connectivity index (χ2n) is 3.54. The summed E-state index contributed by atoms with van der Waals surface area (Å²) in [7, 11) is 0. The highest BCUT2D eigenvalue weighted by Crippen LogP contribution is 2.31. The predicted molar refractivity (Wildman–Crippen MR) is 50.0 cm³/mol. The highest BCUT2D eigenvalue weighted by atomic mass is 19.4. The van der Waals surface area contributed by atoms with Gasteiger partial charge in [0.1, 0.15) is 5.82 Å². The number of aliphatic hydroxyl groups is 1. The largest absolute Gasteiger partial charge is 0.416 e. The van der Waals surface area contributed by atoms with Crippen molar-refractivity contribution in [3.63, 3.8) is 0 Å². The fraction of sp³-hybridized carbons (Fsp3) is 0.400. The van der Waals surface area contributed by atoms with Crippen LogP contribution in [0.2, 0.25) is 0 Å². The van der Waals surface area contributed by atoms with Crippen LogP contribution < -0.4 is 5.73 Å². The van der Waals surface area contributed by atoms with E-state index >= 15 is 0 Å². The number of halogens is 4. The van der Waals surface area contributed by atoms with Crippen molar-refractivity contribution in [3.8, 4) is 0 Å². The molecule has 1 aromatic carbocycles. The molecule has 16 heavy (non-hydrogen) atoms. The highest BCUT2D eigenvalue weighted by molar-refractivity contribution is 5.29. The summed E-state index contributed by atoms with van der Waals surface area (Å²) in [6, 6.07) is 0.961. The lowest BCUT2D eigenvalue weighted by atomic mass is 10.0. The van der Waals surface area contributed by atoms with Crippen molar-refractivity contribution in [2.45, 2.75) is 25.2 Å². The molecule has 90 valence electrons. The lowest BCUT2D eigenvalue weighted by molar-refractivity contribution is -0.137. The molecule has 0 aliphatic carbocycles. The molecule has 0 amide bonds. The SMILES string of the molecule is C[C@H](O)[C@@H](N)c1cc(F)cc(C(F)(F)F)c1. The first-order valence-electron chi connectivity index (χ1n) is 4.53. The number of hydrogen-bond donors (Lipinski definition) is 2. The Hall–Kier alpha value is -1.14. The maximum Gasteiger partial charge on any atom is 0.416 e. The van der Waals surface area contributed by atoms with E-state index in [1.54, 1.807) is 0 Å². The van der Waals surface area contributed by atoms with Gasteiger partial charge < -0.3 is 10.8 Å². The van der Waals surface area contributed by atoms with Gasteiger partial charge in [0.15, 0.2) is 0 Å². The Labute approximate surface area is 89.7 Å². The van der Waals surface area contributed by atoms with Crippen molar-refractivity contribution in [1.29, 1.82) is 0 Å². The van der Waals surface area contributed by atoms with Crippen LogP contribution in [-0.2, 0) is 6.18 Å². The first-order valence-corrected chi connectivity index (χ1v) is 4.53. The molecule has 0 aliphatic heterocycles. The molecule has 6 heteroatoms. The van der Waals surface area contributed by atoms with E-state index < -0.39 is 29.7 Å². The van der Waals surface area contributed by atoms with E-state index in [4.69, 9.17) is 10.8 Å². The number of rotatable bonds is 2. The average molecular weight is 237 g/mol. The third-order valence-corrected chi connectivity index (χ3v) is 2.15. The number of nitrogens with two attached hydrogens (primary N) is 1. The third kappa shape index (κ3) is 2.93. The van der Waals surface area contributed by atoms with Crippen molar-refractivity contribution in [3.05, 3.63) is 35.1 Å². The summed E-state index contributed by atoms with van der Waals surface area (Å²) in [5.41, 5.74) is 4.24. The van der Waals surface area contributed by atoms with Gasteiger partial charge in [-0.25, -0.2) is 4.39 Å². The average Bonchev–Trinajstić information content (AvgIpc) is 2.14. The lowest BCUT2D eigenvalue weighted by Gasteiger charge is -2.17. The molecule has 0 saturated carbocycles. The number of aliphatic hydroxyl groups excluding tert-OH is 1. The Morgan fingerprint density at radius 3 is 2.25 bits per heavy atom. The molecule has 2 nitrogen and oxygen atoms in total. The molecule has 0 bridgehead atoms. The summed E-state index contributed by atoms with van der Waals surface area (Å²) in [6.07, 6.45) is -5.68. The zero-order valence-electron chi connectivity index (χ0n) is 8.42. The Kier molecular flexibility index (Phi) is 3.54. The molecular formula is C10H11F4NO. The Morgan fingerprint density at radius 1 is 1.25 bits per heavy atom. The molecule has 3 N–H and O–H groups in total. The van der Waals surface area contributed by atoms with Gasteiger partial charge in [-0.1, -0.05) is 0 Å². The second kappa shape index (κ2) is 4.39. The van der Waals surface area contributed by atoms with Crippen LogP contribution in [0.4, 0.5) is 17.6 Å². The summed E-state index contributed by atoms with van der Waals surface area (Å²) in [5, 5.41) is 9.13. The van der Waals surface area contributed by atoms with E-state index in [1.165, 1.54) is 6.92 Å². The van der Waals surface area contributed by atoms with Gasteiger partial charge in [-0.2, -0.15) is 13.2 Å². The van der Waals surface area contributed by atoms with Crippen molar-refractivity contribution >= 4 is 0 Å². The van der Waals surface area contributed by atoms with E-state index in [1.807, 2.05) is 0 Å². The monoisotopic (exact) mass is 237 g/mol. The summed E-state index contributed by atoms with van der Waals surface area (Å²) >= 11 is 0. The molecular weight excluding hydrogens is 226 g/mol. The third-order valence-electron chi connectivity index (χ3n) is 2.15. The Bertz CT molecular complexity index is 376. The fourth-order valence-corrected chi connectivity index (χ4v) is 1.25. The van der Waals surface area contributed by atoms with Crippen LogP contribution in [0.25, 0.3) is 0 Å². The smallest absolute Gasteiger partial charge is 0.391 e. The predicted octanol–water partition coefficient (Wildman–Crippen LogP) is 2.23. The van der Waals surface area contributed by atoms with Crippen molar-refractivity contribution in [2.75, 3.05) is 0 Å². The maximum absolute atomic E-state index is 12.9. The van der Waals surface area contributed by atoms with Crippen LogP contribution in [0.5, 0.6) is 0 Å².